The quantitative estimate of drug-likeness (QED) is 0.628. The van der Waals surface area contributed by atoms with Crippen molar-refractivity contribution in [2.75, 3.05) is 27.9 Å². The minimum absolute atomic E-state index is 0.00250. The molecule has 0 aromatic heterocycles. The highest BCUT2D eigenvalue weighted by atomic mass is 19.4. The van der Waals surface area contributed by atoms with E-state index < -0.39 is 17.7 Å². The van der Waals surface area contributed by atoms with Crippen LogP contribution in [0.15, 0.2) is 42.5 Å². The number of halogens is 3. The molecule has 0 heterocycles. The Balaban J connectivity index is 2.16. The van der Waals surface area contributed by atoms with Gasteiger partial charge >= 0.3 is 12.1 Å². The highest BCUT2D eigenvalue weighted by Gasteiger charge is 2.29. The maximum Gasteiger partial charge on any atom is 0.416 e. The van der Waals surface area contributed by atoms with Crippen LogP contribution in [-0.2, 0) is 22.1 Å². The van der Waals surface area contributed by atoms with Crippen LogP contribution in [0.5, 0.6) is 11.5 Å². The summed E-state index contributed by atoms with van der Waals surface area (Å²) in [7, 11) is 4.37. The lowest BCUT2D eigenvalue weighted by Crippen LogP contribution is -2.28. The van der Waals surface area contributed by atoms with Crippen molar-refractivity contribution in [1.29, 1.82) is 0 Å². The molecule has 0 saturated carbocycles. The van der Waals surface area contributed by atoms with Crippen molar-refractivity contribution in [1.82, 2.24) is 5.32 Å². The Morgan fingerprint density at radius 1 is 1.00 bits per heavy atom. The number of esters is 1. The summed E-state index contributed by atoms with van der Waals surface area (Å²) in [6.07, 6.45) is -3.29. The van der Waals surface area contributed by atoms with E-state index in [1.165, 1.54) is 33.5 Å². The van der Waals surface area contributed by atoms with Crippen molar-refractivity contribution in [3.63, 3.8) is 0 Å². The Labute approximate surface area is 167 Å². The van der Waals surface area contributed by atoms with Gasteiger partial charge in [-0.3, -0.25) is 4.79 Å². The van der Waals surface area contributed by atoms with Gasteiger partial charge in [0.05, 0.1) is 33.4 Å². The topological polar surface area (TPSA) is 56.8 Å². The van der Waals surface area contributed by atoms with Crippen molar-refractivity contribution in [3.05, 3.63) is 59.2 Å². The maximum atomic E-state index is 12.7. The van der Waals surface area contributed by atoms with Crippen LogP contribution in [0.3, 0.4) is 0 Å². The number of aryl methyl sites for hydroxylation is 1. The average molecular weight is 411 g/mol. The predicted molar refractivity (Wildman–Crippen MR) is 102 cm³/mol. The lowest BCUT2D eigenvalue weighted by atomic mass is 9.98. The standard InChI is InChI=1S/C21H24F3NO4/c1-27-18-11-7-15(12-19(18)28-2)17(25-13-20(26)29-3)10-6-14-4-8-16(9-5-14)21(22,23)24/h4-5,7-9,11-12,17,25H,6,10,13H2,1-3H3. The van der Waals surface area contributed by atoms with E-state index in [2.05, 4.69) is 10.1 Å². The molecule has 2 rings (SSSR count). The molecule has 0 saturated heterocycles. The summed E-state index contributed by atoms with van der Waals surface area (Å²) in [5.41, 5.74) is 0.948. The van der Waals surface area contributed by atoms with Gasteiger partial charge < -0.3 is 19.5 Å². The molecule has 0 radical (unpaired) electrons. The number of benzene rings is 2. The van der Waals surface area contributed by atoms with Crippen LogP contribution in [0.25, 0.3) is 0 Å². The highest BCUT2D eigenvalue weighted by molar-refractivity contribution is 5.71. The molecule has 0 aliphatic carbocycles. The van der Waals surface area contributed by atoms with E-state index in [0.717, 1.165) is 23.3 Å². The van der Waals surface area contributed by atoms with E-state index in [1.54, 1.807) is 12.1 Å². The molecule has 1 unspecified atom stereocenters. The third-order valence-electron chi connectivity index (χ3n) is 4.53. The molecule has 0 aliphatic rings. The molecule has 0 fully saturated rings. The van der Waals surface area contributed by atoms with Crippen LogP contribution in [0, 0.1) is 0 Å². The molecule has 2 aromatic carbocycles. The van der Waals surface area contributed by atoms with Gasteiger partial charge in [0.2, 0.25) is 0 Å². The minimum atomic E-state index is -4.36. The van der Waals surface area contributed by atoms with Crippen molar-refractivity contribution in [2.24, 2.45) is 0 Å². The molecule has 1 atom stereocenters. The second-order valence-electron chi connectivity index (χ2n) is 6.36. The zero-order valence-corrected chi connectivity index (χ0v) is 16.5. The van der Waals surface area contributed by atoms with Crippen molar-refractivity contribution >= 4 is 5.97 Å². The van der Waals surface area contributed by atoms with Gasteiger partial charge in [0.1, 0.15) is 0 Å². The molecule has 0 spiro atoms. The molecule has 0 amide bonds. The second kappa shape index (κ2) is 10.2. The maximum absolute atomic E-state index is 12.7. The predicted octanol–water partition coefficient (Wildman–Crippen LogP) is 4.16. The van der Waals surface area contributed by atoms with Crippen LogP contribution in [0.4, 0.5) is 13.2 Å². The largest absolute Gasteiger partial charge is 0.493 e. The zero-order chi connectivity index (χ0) is 21.4. The monoisotopic (exact) mass is 411 g/mol. The molecule has 2 aromatic rings. The van der Waals surface area contributed by atoms with Crippen LogP contribution >= 0.6 is 0 Å². The number of hydrogen-bond acceptors (Lipinski definition) is 5. The Kier molecular flexibility index (Phi) is 7.90. The number of nitrogens with one attached hydrogen (secondary N) is 1. The molecule has 0 bridgehead atoms. The molecule has 1 N–H and O–H groups in total. The van der Waals surface area contributed by atoms with E-state index in [0.29, 0.717) is 24.3 Å². The first kappa shape index (κ1) is 22.5. The van der Waals surface area contributed by atoms with Gasteiger partial charge in [0.15, 0.2) is 11.5 Å². The number of ether oxygens (including phenoxy) is 3. The summed E-state index contributed by atoms with van der Waals surface area (Å²) < 4.78 is 53.4. The van der Waals surface area contributed by atoms with Gasteiger partial charge in [-0.25, -0.2) is 0 Å². The Bertz CT molecular complexity index is 807. The highest BCUT2D eigenvalue weighted by Crippen LogP contribution is 2.32. The van der Waals surface area contributed by atoms with E-state index in [9.17, 15) is 18.0 Å². The van der Waals surface area contributed by atoms with Gasteiger partial charge in [0, 0.05) is 6.04 Å². The van der Waals surface area contributed by atoms with E-state index >= 15 is 0 Å². The van der Waals surface area contributed by atoms with Crippen LogP contribution in [0.1, 0.15) is 29.2 Å². The van der Waals surface area contributed by atoms with Gasteiger partial charge in [-0.2, -0.15) is 13.2 Å². The summed E-state index contributed by atoms with van der Waals surface area (Å²) >= 11 is 0. The number of methoxy groups -OCH3 is 3. The summed E-state index contributed by atoms with van der Waals surface area (Å²) in [5.74, 6) is 0.708. The Morgan fingerprint density at radius 2 is 1.66 bits per heavy atom. The van der Waals surface area contributed by atoms with Crippen molar-refractivity contribution < 1.29 is 32.2 Å². The van der Waals surface area contributed by atoms with E-state index in [4.69, 9.17) is 9.47 Å². The number of rotatable bonds is 9. The molecule has 8 heteroatoms. The lowest BCUT2D eigenvalue weighted by molar-refractivity contribution is -0.140. The molecule has 5 nitrogen and oxygen atoms in total. The fourth-order valence-electron chi connectivity index (χ4n) is 2.91. The SMILES string of the molecule is COC(=O)CNC(CCc1ccc(C(F)(F)F)cc1)c1ccc(OC)c(OC)c1. The van der Waals surface area contributed by atoms with Gasteiger partial charge in [-0.15, -0.1) is 0 Å². The Hall–Kier alpha value is -2.74. The first-order chi connectivity index (χ1) is 13.8. The molecular formula is C21H24F3NO4. The number of carbonyl (C=O) groups excluding carboxylic acids is 1. The zero-order valence-electron chi connectivity index (χ0n) is 16.5. The summed E-state index contributed by atoms with van der Waals surface area (Å²) in [5, 5.41) is 3.13. The van der Waals surface area contributed by atoms with Crippen LogP contribution < -0.4 is 14.8 Å². The molecule has 0 aliphatic heterocycles. The number of carbonyl (C=O) groups is 1. The van der Waals surface area contributed by atoms with E-state index in [1.807, 2.05) is 6.07 Å². The average Bonchev–Trinajstić information content (AvgIpc) is 2.72. The van der Waals surface area contributed by atoms with Crippen molar-refractivity contribution in [3.8, 4) is 11.5 Å². The van der Waals surface area contributed by atoms with Gasteiger partial charge in [-0.1, -0.05) is 18.2 Å². The number of hydrogen-bond donors (Lipinski definition) is 1. The molecule has 29 heavy (non-hydrogen) atoms. The van der Waals surface area contributed by atoms with Crippen LogP contribution in [0.2, 0.25) is 0 Å². The number of alkyl halides is 3. The third-order valence-corrected chi connectivity index (χ3v) is 4.53. The minimum Gasteiger partial charge on any atom is -0.493 e. The first-order valence-electron chi connectivity index (χ1n) is 8.96. The summed E-state index contributed by atoms with van der Waals surface area (Å²) in [6, 6.07) is 10.3. The van der Waals surface area contributed by atoms with Gasteiger partial charge in [-0.05, 0) is 48.2 Å². The second-order valence-corrected chi connectivity index (χ2v) is 6.36. The molecular weight excluding hydrogens is 387 g/mol. The smallest absolute Gasteiger partial charge is 0.416 e. The summed E-state index contributed by atoms with van der Waals surface area (Å²) in [6.45, 7) is 0.00250. The Morgan fingerprint density at radius 3 is 2.21 bits per heavy atom. The fourth-order valence-corrected chi connectivity index (χ4v) is 2.91. The van der Waals surface area contributed by atoms with Crippen molar-refractivity contribution in [2.45, 2.75) is 25.1 Å². The lowest BCUT2D eigenvalue weighted by Gasteiger charge is -2.20. The summed E-state index contributed by atoms with van der Waals surface area (Å²) in [4.78, 5) is 11.5. The van der Waals surface area contributed by atoms with Crippen LogP contribution in [-0.4, -0.2) is 33.8 Å². The normalized spacial score (nSPS) is 12.3. The van der Waals surface area contributed by atoms with Gasteiger partial charge in [0.25, 0.3) is 0 Å². The third kappa shape index (κ3) is 6.39. The van der Waals surface area contributed by atoms with E-state index in [-0.39, 0.29) is 12.6 Å². The fraction of sp³-hybridized carbons (Fsp3) is 0.381. The first-order valence-corrected chi connectivity index (χ1v) is 8.96. The molecule has 158 valence electrons.